The molecule has 0 saturated heterocycles. The molecule has 0 atom stereocenters. The van der Waals surface area contributed by atoms with Crippen molar-refractivity contribution in [3.05, 3.63) is 54.7 Å². The standard InChI is InChI=1S/C13H10N4O2/c18-12(10-4-2-1-3-5-10)8-17-7-11(6-15-17)13-14-9-19-16-13/h1-7,9H,8H2. The smallest absolute Gasteiger partial charge is 0.214 e. The van der Waals surface area contributed by atoms with Gasteiger partial charge >= 0.3 is 0 Å². The van der Waals surface area contributed by atoms with Crippen LogP contribution in [0.4, 0.5) is 0 Å². The zero-order valence-electron chi connectivity index (χ0n) is 9.93. The Hall–Kier alpha value is -2.76. The molecule has 0 fully saturated rings. The Labute approximate surface area is 108 Å². The maximum Gasteiger partial charge on any atom is 0.214 e. The number of Topliss-reactive ketones (excluding diaryl/α,β-unsaturated/α-hetero) is 1. The van der Waals surface area contributed by atoms with Crippen molar-refractivity contribution in [2.75, 3.05) is 0 Å². The van der Waals surface area contributed by atoms with Crippen LogP contribution in [0.2, 0.25) is 0 Å². The summed E-state index contributed by atoms with van der Waals surface area (Å²) in [6.45, 7) is 0.182. The number of ketones is 1. The highest BCUT2D eigenvalue weighted by molar-refractivity contribution is 5.95. The minimum absolute atomic E-state index is 0.00311. The fraction of sp³-hybridized carbons (Fsp3) is 0.0769. The van der Waals surface area contributed by atoms with Gasteiger partial charge in [-0.1, -0.05) is 35.5 Å². The Bertz CT molecular complexity index is 674. The fourth-order valence-corrected chi connectivity index (χ4v) is 1.73. The third-order valence-electron chi connectivity index (χ3n) is 2.65. The van der Waals surface area contributed by atoms with Crippen LogP contribution in [0.15, 0.2) is 53.6 Å². The summed E-state index contributed by atoms with van der Waals surface area (Å²) in [6.07, 6.45) is 4.57. The average molecular weight is 254 g/mol. The second-order valence-corrected chi connectivity index (χ2v) is 3.97. The van der Waals surface area contributed by atoms with Crippen molar-refractivity contribution in [1.82, 2.24) is 19.9 Å². The zero-order chi connectivity index (χ0) is 13.1. The molecular formula is C13H10N4O2. The summed E-state index contributed by atoms with van der Waals surface area (Å²) in [5.41, 5.74) is 1.38. The van der Waals surface area contributed by atoms with E-state index in [4.69, 9.17) is 0 Å². The number of hydrogen-bond acceptors (Lipinski definition) is 5. The molecule has 94 valence electrons. The van der Waals surface area contributed by atoms with E-state index in [1.807, 2.05) is 18.2 Å². The van der Waals surface area contributed by atoms with E-state index < -0.39 is 0 Å². The molecule has 0 spiro atoms. The lowest BCUT2D eigenvalue weighted by atomic mass is 10.1. The molecule has 6 nitrogen and oxygen atoms in total. The molecule has 0 unspecified atom stereocenters. The quantitative estimate of drug-likeness (QED) is 0.664. The minimum Gasteiger partial charge on any atom is -0.342 e. The Morgan fingerprint density at radius 2 is 2.11 bits per heavy atom. The molecule has 0 aliphatic carbocycles. The van der Waals surface area contributed by atoms with E-state index in [0.717, 1.165) is 5.56 Å². The van der Waals surface area contributed by atoms with Crippen LogP contribution in [0.5, 0.6) is 0 Å². The second-order valence-electron chi connectivity index (χ2n) is 3.97. The molecule has 0 aliphatic heterocycles. The largest absolute Gasteiger partial charge is 0.342 e. The van der Waals surface area contributed by atoms with Gasteiger partial charge in [-0.25, -0.2) is 0 Å². The van der Waals surface area contributed by atoms with Crippen molar-refractivity contribution < 1.29 is 9.32 Å². The van der Waals surface area contributed by atoms with Crippen molar-refractivity contribution >= 4 is 5.78 Å². The molecule has 3 rings (SSSR count). The monoisotopic (exact) mass is 254 g/mol. The predicted octanol–water partition coefficient (Wildman–Crippen LogP) is 1.82. The summed E-state index contributed by atoms with van der Waals surface area (Å²) in [5, 5.41) is 7.82. The first kappa shape index (κ1) is 11.3. The number of benzene rings is 1. The van der Waals surface area contributed by atoms with Crippen molar-refractivity contribution in [3.8, 4) is 11.4 Å². The molecule has 2 heterocycles. The maximum atomic E-state index is 12.0. The van der Waals surface area contributed by atoms with Crippen LogP contribution in [-0.4, -0.2) is 25.7 Å². The number of carbonyl (C=O) groups excluding carboxylic acids is 1. The van der Waals surface area contributed by atoms with Crippen molar-refractivity contribution in [2.45, 2.75) is 6.54 Å². The maximum absolute atomic E-state index is 12.0. The summed E-state index contributed by atoms with van der Waals surface area (Å²) in [5.74, 6) is 0.460. The Kier molecular flexibility index (Phi) is 2.89. The SMILES string of the molecule is O=C(Cn1cc(-c2ncon2)cn1)c1ccccc1. The number of nitrogens with zero attached hydrogens (tertiary/aromatic N) is 4. The molecule has 2 aromatic heterocycles. The lowest BCUT2D eigenvalue weighted by Gasteiger charge is -2.00. The number of rotatable bonds is 4. The highest BCUT2D eigenvalue weighted by Crippen LogP contribution is 2.12. The first-order valence-electron chi connectivity index (χ1n) is 5.70. The molecule has 0 saturated carbocycles. The topological polar surface area (TPSA) is 73.8 Å². The van der Waals surface area contributed by atoms with Gasteiger partial charge in [0.05, 0.1) is 11.8 Å². The summed E-state index contributed by atoms with van der Waals surface area (Å²) >= 11 is 0. The van der Waals surface area contributed by atoms with Crippen LogP contribution in [0, 0.1) is 0 Å². The average Bonchev–Trinajstić information content (AvgIpc) is 3.10. The van der Waals surface area contributed by atoms with Gasteiger partial charge in [-0.3, -0.25) is 9.48 Å². The number of hydrogen-bond donors (Lipinski definition) is 0. The molecule has 0 aliphatic rings. The van der Waals surface area contributed by atoms with Gasteiger partial charge in [0.15, 0.2) is 5.78 Å². The third-order valence-corrected chi connectivity index (χ3v) is 2.65. The summed E-state index contributed by atoms with van der Waals surface area (Å²) in [4.78, 5) is 15.9. The zero-order valence-corrected chi connectivity index (χ0v) is 9.93. The minimum atomic E-state index is 0.00311. The van der Waals surface area contributed by atoms with E-state index in [1.165, 1.54) is 6.39 Å². The van der Waals surface area contributed by atoms with Gasteiger partial charge in [-0.15, -0.1) is 0 Å². The number of aromatic nitrogens is 4. The predicted molar refractivity (Wildman–Crippen MR) is 66.3 cm³/mol. The van der Waals surface area contributed by atoms with E-state index >= 15 is 0 Å². The first-order valence-corrected chi connectivity index (χ1v) is 5.70. The lowest BCUT2D eigenvalue weighted by Crippen LogP contribution is -2.10. The van der Waals surface area contributed by atoms with Crippen LogP contribution in [0.1, 0.15) is 10.4 Å². The van der Waals surface area contributed by atoms with Crippen LogP contribution >= 0.6 is 0 Å². The molecular weight excluding hydrogens is 244 g/mol. The van der Waals surface area contributed by atoms with E-state index in [1.54, 1.807) is 29.2 Å². The fourth-order valence-electron chi connectivity index (χ4n) is 1.73. The van der Waals surface area contributed by atoms with Crippen LogP contribution in [-0.2, 0) is 6.54 Å². The van der Waals surface area contributed by atoms with Gasteiger partial charge in [0.25, 0.3) is 0 Å². The molecule has 0 N–H and O–H groups in total. The second kappa shape index (κ2) is 4.85. The Balaban J connectivity index is 1.76. The van der Waals surface area contributed by atoms with Crippen molar-refractivity contribution in [3.63, 3.8) is 0 Å². The number of carbonyl (C=O) groups is 1. The molecule has 0 radical (unpaired) electrons. The molecule has 1 aromatic carbocycles. The van der Waals surface area contributed by atoms with Gasteiger partial charge in [0, 0.05) is 11.8 Å². The van der Waals surface area contributed by atoms with Gasteiger partial charge in [-0.2, -0.15) is 10.1 Å². The summed E-state index contributed by atoms with van der Waals surface area (Å²) in [7, 11) is 0. The highest BCUT2D eigenvalue weighted by atomic mass is 16.5. The normalized spacial score (nSPS) is 10.5. The van der Waals surface area contributed by atoms with E-state index in [2.05, 4.69) is 19.8 Å². The van der Waals surface area contributed by atoms with E-state index in [9.17, 15) is 4.79 Å². The van der Waals surface area contributed by atoms with E-state index in [0.29, 0.717) is 11.4 Å². The van der Waals surface area contributed by atoms with Crippen molar-refractivity contribution in [2.24, 2.45) is 0 Å². The van der Waals surface area contributed by atoms with Crippen LogP contribution in [0.3, 0.4) is 0 Å². The van der Waals surface area contributed by atoms with Crippen LogP contribution < -0.4 is 0 Å². The molecule has 6 heteroatoms. The van der Waals surface area contributed by atoms with Gasteiger partial charge in [-0.05, 0) is 0 Å². The molecule has 19 heavy (non-hydrogen) atoms. The van der Waals surface area contributed by atoms with Crippen molar-refractivity contribution in [1.29, 1.82) is 0 Å². The highest BCUT2D eigenvalue weighted by Gasteiger charge is 2.10. The van der Waals surface area contributed by atoms with Gasteiger partial charge < -0.3 is 4.52 Å². The Morgan fingerprint density at radius 3 is 2.84 bits per heavy atom. The van der Waals surface area contributed by atoms with E-state index in [-0.39, 0.29) is 12.3 Å². The summed E-state index contributed by atoms with van der Waals surface area (Å²) < 4.78 is 6.22. The van der Waals surface area contributed by atoms with Gasteiger partial charge in [0.2, 0.25) is 12.2 Å². The summed E-state index contributed by atoms with van der Waals surface area (Å²) in [6, 6.07) is 9.11. The van der Waals surface area contributed by atoms with Gasteiger partial charge in [0.1, 0.15) is 6.54 Å². The Morgan fingerprint density at radius 1 is 1.26 bits per heavy atom. The molecule has 0 amide bonds. The van der Waals surface area contributed by atoms with Crippen LogP contribution in [0.25, 0.3) is 11.4 Å². The molecule has 3 aromatic rings. The lowest BCUT2D eigenvalue weighted by molar-refractivity contribution is 0.0968. The molecule has 0 bridgehead atoms. The third kappa shape index (κ3) is 2.42. The first-order chi connectivity index (χ1) is 9.33.